The van der Waals surface area contributed by atoms with Crippen LogP contribution >= 0.6 is 11.6 Å². The van der Waals surface area contributed by atoms with Gasteiger partial charge in [-0.2, -0.15) is 5.10 Å². The highest BCUT2D eigenvalue weighted by Gasteiger charge is 2.12. The van der Waals surface area contributed by atoms with E-state index in [9.17, 15) is 9.18 Å². The topological polar surface area (TPSA) is 84.7 Å². The van der Waals surface area contributed by atoms with Gasteiger partial charge in [0.1, 0.15) is 18.0 Å². The molecule has 0 unspecified atom stereocenters. The van der Waals surface area contributed by atoms with Gasteiger partial charge in [0.25, 0.3) is 5.91 Å². The van der Waals surface area contributed by atoms with E-state index in [1.54, 1.807) is 47.3 Å². The quantitative estimate of drug-likeness (QED) is 0.473. The smallest absolute Gasteiger partial charge is 0.252 e. The van der Waals surface area contributed by atoms with Crippen LogP contribution in [0, 0.1) is 5.82 Å². The maximum absolute atomic E-state index is 13.0. The monoisotopic (exact) mass is 424 g/mol. The first-order valence-corrected chi connectivity index (χ1v) is 9.67. The van der Waals surface area contributed by atoms with Crippen LogP contribution in [0.3, 0.4) is 0 Å². The Morgan fingerprint density at radius 3 is 2.70 bits per heavy atom. The van der Waals surface area contributed by atoms with Gasteiger partial charge in [-0.15, -0.1) is 0 Å². The fraction of sp³-hybridized carbons (Fsp3) is 0.143. The van der Waals surface area contributed by atoms with Gasteiger partial charge >= 0.3 is 0 Å². The molecule has 1 amide bonds. The Kier molecular flexibility index (Phi) is 5.85. The zero-order chi connectivity index (χ0) is 20.9. The lowest BCUT2D eigenvalue weighted by atomic mass is 10.2. The molecule has 0 fully saturated rings. The largest absolute Gasteiger partial charge is 0.365 e. The molecular weight excluding hydrogens is 407 g/mol. The summed E-state index contributed by atoms with van der Waals surface area (Å²) < 4.78 is 14.7. The molecule has 152 valence electrons. The molecule has 4 aromatic rings. The average molecular weight is 425 g/mol. The van der Waals surface area contributed by atoms with Crippen LogP contribution in [-0.2, 0) is 13.1 Å². The number of aromatic nitrogens is 4. The van der Waals surface area contributed by atoms with E-state index in [0.717, 1.165) is 10.9 Å². The first-order chi connectivity index (χ1) is 14.6. The van der Waals surface area contributed by atoms with Gasteiger partial charge in [-0.25, -0.2) is 19.0 Å². The molecule has 2 heterocycles. The van der Waals surface area contributed by atoms with Crippen LogP contribution in [0.15, 0.2) is 61.1 Å². The molecule has 30 heavy (non-hydrogen) atoms. The van der Waals surface area contributed by atoms with E-state index in [1.165, 1.54) is 18.5 Å². The van der Waals surface area contributed by atoms with Gasteiger partial charge in [0.15, 0.2) is 5.65 Å². The number of nitrogens with zero attached hydrogens (tertiary/aromatic N) is 4. The van der Waals surface area contributed by atoms with Crippen molar-refractivity contribution in [2.45, 2.75) is 13.1 Å². The van der Waals surface area contributed by atoms with Crippen LogP contribution in [0.1, 0.15) is 15.9 Å². The summed E-state index contributed by atoms with van der Waals surface area (Å²) in [6, 6.07) is 13.2. The fourth-order valence-electron chi connectivity index (χ4n) is 3.00. The Bertz CT molecular complexity index is 1180. The summed E-state index contributed by atoms with van der Waals surface area (Å²) in [7, 11) is 0. The third-order valence-electron chi connectivity index (χ3n) is 4.53. The normalized spacial score (nSPS) is 10.9. The molecule has 9 heteroatoms. The summed E-state index contributed by atoms with van der Waals surface area (Å²) in [5.41, 5.74) is 2.01. The number of amides is 1. The van der Waals surface area contributed by atoms with Gasteiger partial charge in [-0.05, 0) is 29.8 Å². The molecule has 2 aromatic carbocycles. The summed E-state index contributed by atoms with van der Waals surface area (Å²) in [6.07, 6.45) is 3.13. The van der Waals surface area contributed by atoms with Crippen molar-refractivity contribution in [1.29, 1.82) is 0 Å². The minimum absolute atomic E-state index is 0.242. The maximum Gasteiger partial charge on any atom is 0.252 e. The number of benzene rings is 2. The average Bonchev–Trinajstić information content (AvgIpc) is 3.17. The minimum Gasteiger partial charge on any atom is -0.365 e. The molecule has 2 N–H and O–H groups in total. The zero-order valence-electron chi connectivity index (χ0n) is 15.8. The number of carbonyl (C=O) groups excluding carboxylic acids is 1. The second-order valence-electron chi connectivity index (χ2n) is 6.54. The predicted molar refractivity (Wildman–Crippen MR) is 113 cm³/mol. The summed E-state index contributed by atoms with van der Waals surface area (Å²) in [4.78, 5) is 20.8. The van der Waals surface area contributed by atoms with E-state index < -0.39 is 0 Å². The third-order valence-corrected chi connectivity index (χ3v) is 4.86. The van der Waals surface area contributed by atoms with Gasteiger partial charge in [-0.3, -0.25) is 4.79 Å². The lowest BCUT2D eigenvalue weighted by molar-refractivity contribution is 0.0952. The molecular formula is C21H18ClFN6O. The van der Waals surface area contributed by atoms with Crippen LogP contribution in [0.2, 0.25) is 5.02 Å². The lowest BCUT2D eigenvalue weighted by Crippen LogP contribution is -2.27. The van der Waals surface area contributed by atoms with E-state index in [-0.39, 0.29) is 11.7 Å². The lowest BCUT2D eigenvalue weighted by Gasteiger charge is -2.08. The number of rotatable bonds is 7. The van der Waals surface area contributed by atoms with E-state index >= 15 is 0 Å². The second-order valence-corrected chi connectivity index (χ2v) is 6.95. The van der Waals surface area contributed by atoms with Crippen LogP contribution in [0.25, 0.3) is 11.0 Å². The Labute approximate surface area is 176 Å². The molecule has 0 saturated heterocycles. The van der Waals surface area contributed by atoms with E-state index in [4.69, 9.17) is 11.6 Å². The molecule has 0 aliphatic rings. The predicted octanol–water partition coefficient (Wildman–Crippen LogP) is 3.66. The first-order valence-electron chi connectivity index (χ1n) is 9.29. The molecule has 0 bridgehead atoms. The van der Waals surface area contributed by atoms with Crippen molar-refractivity contribution in [2.75, 3.05) is 11.9 Å². The Hall–Kier alpha value is -3.52. The van der Waals surface area contributed by atoms with Gasteiger partial charge in [0.05, 0.1) is 28.7 Å². The SMILES string of the molecule is O=C(NCCn1ncc2c(NCc3ccc(F)cc3)ncnc21)c1ccccc1Cl. The van der Waals surface area contributed by atoms with Crippen molar-refractivity contribution in [1.82, 2.24) is 25.1 Å². The van der Waals surface area contributed by atoms with Crippen molar-refractivity contribution < 1.29 is 9.18 Å². The molecule has 7 nitrogen and oxygen atoms in total. The van der Waals surface area contributed by atoms with E-state index in [1.807, 2.05) is 0 Å². The summed E-state index contributed by atoms with van der Waals surface area (Å²) >= 11 is 6.05. The number of carbonyl (C=O) groups is 1. The summed E-state index contributed by atoms with van der Waals surface area (Å²) in [5.74, 6) is 0.120. The molecule has 0 aliphatic heterocycles. The molecule has 0 atom stereocenters. The van der Waals surface area contributed by atoms with Crippen molar-refractivity contribution in [2.24, 2.45) is 0 Å². The second kappa shape index (κ2) is 8.87. The van der Waals surface area contributed by atoms with Crippen molar-refractivity contribution in [3.05, 3.63) is 83.0 Å². The summed E-state index contributed by atoms with van der Waals surface area (Å²) in [5, 5.41) is 11.6. The fourth-order valence-corrected chi connectivity index (χ4v) is 3.22. The Balaban J connectivity index is 1.41. The van der Waals surface area contributed by atoms with Gasteiger partial charge in [0.2, 0.25) is 0 Å². The van der Waals surface area contributed by atoms with E-state index in [2.05, 4.69) is 25.7 Å². The minimum atomic E-state index is -0.272. The highest BCUT2D eigenvalue weighted by molar-refractivity contribution is 6.33. The molecule has 2 aromatic heterocycles. The van der Waals surface area contributed by atoms with Crippen molar-refractivity contribution >= 4 is 34.4 Å². The van der Waals surface area contributed by atoms with Gasteiger partial charge < -0.3 is 10.6 Å². The van der Waals surface area contributed by atoms with Crippen LogP contribution in [0.5, 0.6) is 0 Å². The maximum atomic E-state index is 13.0. The van der Waals surface area contributed by atoms with Gasteiger partial charge in [-0.1, -0.05) is 35.9 Å². The number of fused-ring (bicyclic) bond motifs is 1. The highest BCUT2D eigenvalue weighted by Crippen LogP contribution is 2.19. The van der Waals surface area contributed by atoms with E-state index in [0.29, 0.717) is 41.7 Å². The molecule has 4 rings (SSSR count). The Morgan fingerprint density at radius 2 is 1.90 bits per heavy atom. The van der Waals surface area contributed by atoms with Crippen LogP contribution in [-0.4, -0.2) is 32.2 Å². The van der Waals surface area contributed by atoms with Crippen molar-refractivity contribution in [3.8, 4) is 0 Å². The number of halogens is 2. The molecule has 0 radical (unpaired) electrons. The van der Waals surface area contributed by atoms with Crippen molar-refractivity contribution in [3.63, 3.8) is 0 Å². The van der Waals surface area contributed by atoms with Crippen LogP contribution < -0.4 is 10.6 Å². The zero-order valence-corrected chi connectivity index (χ0v) is 16.6. The summed E-state index contributed by atoms with van der Waals surface area (Å²) in [6.45, 7) is 1.29. The van der Waals surface area contributed by atoms with Gasteiger partial charge in [0, 0.05) is 13.1 Å². The number of hydrogen-bond acceptors (Lipinski definition) is 5. The number of anilines is 1. The highest BCUT2D eigenvalue weighted by atomic mass is 35.5. The number of nitrogens with one attached hydrogen (secondary N) is 2. The Morgan fingerprint density at radius 1 is 1.10 bits per heavy atom. The number of hydrogen-bond donors (Lipinski definition) is 2. The van der Waals surface area contributed by atoms with Crippen LogP contribution in [0.4, 0.5) is 10.2 Å². The first kappa shape index (κ1) is 19.8. The molecule has 0 aliphatic carbocycles. The molecule has 0 spiro atoms. The third kappa shape index (κ3) is 4.38. The molecule has 0 saturated carbocycles. The standard InChI is InChI=1S/C21H18ClFN6O/c22-18-4-2-1-3-16(18)21(30)24-9-10-29-20-17(12-28-29)19(26-13-27-20)25-11-14-5-7-15(23)8-6-14/h1-8,12-13H,9-11H2,(H,24,30)(H,25,26,27).